The fourth-order valence-electron chi connectivity index (χ4n) is 4.96. The van der Waals surface area contributed by atoms with Crippen molar-refractivity contribution >= 4 is 23.0 Å². The fourth-order valence-corrected chi connectivity index (χ4v) is 4.96. The first-order chi connectivity index (χ1) is 20.1. The number of aromatic nitrogens is 3. The summed E-state index contributed by atoms with van der Waals surface area (Å²) < 4.78 is 72.1. The monoisotopic (exact) mass is 603 g/mol. The van der Waals surface area contributed by atoms with Crippen molar-refractivity contribution in [2.24, 2.45) is 7.05 Å². The van der Waals surface area contributed by atoms with Gasteiger partial charge in [0.2, 0.25) is 0 Å². The number of carbonyl (C=O) groups excluding carboxylic acids is 2. The summed E-state index contributed by atoms with van der Waals surface area (Å²) in [5.41, 5.74) is 1.76. The standard InChI is InChI=1S/C30H30F5N5O3/c1-6-24(30(33,34)35)37-18-12-21(31)26(22(32)13-18)28(42)38-23(17(4)41)14-19-7-8-20(27-36-9-10-40(19)27)25-15(2)11-16(3)39(5)29(25)43/h7-13,23-24,37H,6,14H2,1-5H3,(H,38,42)/t23-,24+/m0/s1. The van der Waals surface area contributed by atoms with E-state index in [0.717, 1.165) is 11.3 Å². The van der Waals surface area contributed by atoms with E-state index in [2.05, 4.69) is 10.3 Å². The molecule has 0 bridgehead atoms. The molecule has 8 nitrogen and oxygen atoms in total. The molecule has 13 heteroatoms. The summed E-state index contributed by atoms with van der Waals surface area (Å²) >= 11 is 0. The number of hydrogen-bond acceptors (Lipinski definition) is 5. The Morgan fingerprint density at radius 3 is 2.30 bits per heavy atom. The van der Waals surface area contributed by atoms with Gasteiger partial charge in [-0.05, 0) is 63.1 Å². The Kier molecular flexibility index (Phi) is 8.74. The second-order valence-corrected chi connectivity index (χ2v) is 10.4. The Morgan fingerprint density at radius 1 is 1.07 bits per heavy atom. The highest BCUT2D eigenvalue weighted by molar-refractivity contribution is 5.98. The zero-order valence-electron chi connectivity index (χ0n) is 24.1. The van der Waals surface area contributed by atoms with Crippen LogP contribution in [0.5, 0.6) is 0 Å². The number of rotatable bonds is 9. The first-order valence-corrected chi connectivity index (χ1v) is 13.4. The summed E-state index contributed by atoms with van der Waals surface area (Å²) in [5, 5.41) is 4.37. The molecule has 3 aromatic heterocycles. The summed E-state index contributed by atoms with van der Waals surface area (Å²) in [6, 6.07) is 3.16. The number of pyridine rings is 2. The maximum absolute atomic E-state index is 14.8. The van der Waals surface area contributed by atoms with Crippen LogP contribution in [0.2, 0.25) is 0 Å². The lowest BCUT2D eigenvalue weighted by atomic mass is 10.0. The van der Waals surface area contributed by atoms with E-state index in [4.69, 9.17) is 0 Å². The van der Waals surface area contributed by atoms with Gasteiger partial charge in [0.05, 0.1) is 11.6 Å². The second-order valence-electron chi connectivity index (χ2n) is 10.4. The summed E-state index contributed by atoms with van der Waals surface area (Å²) in [4.78, 5) is 42.9. The molecule has 2 atom stereocenters. The lowest BCUT2D eigenvalue weighted by Gasteiger charge is -2.22. The normalized spacial score (nSPS) is 13.2. The predicted molar refractivity (Wildman–Crippen MR) is 151 cm³/mol. The quantitative estimate of drug-likeness (QED) is 0.254. The predicted octanol–water partition coefficient (Wildman–Crippen LogP) is 5.28. The van der Waals surface area contributed by atoms with Gasteiger partial charge >= 0.3 is 6.18 Å². The van der Waals surface area contributed by atoms with E-state index in [9.17, 15) is 36.3 Å². The lowest BCUT2D eigenvalue weighted by Crippen LogP contribution is -2.42. The van der Waals surface area contributed by atoms with Crippen LogP contribution < -0.4 is 16.2 Å². The number of alkyl halides is 3. The molecule has 228 valence electrons. The molecule has 1 amide bonds. The van der Waals surface area contributed by atoms with Gasteiger partial charge in [0.25, 0.3) is 11.5 Å². The molecule has 0 aliphatic rings. The number of imidazole rings is 1. The Bertz CT molecular complexity index is 1750. The van der Waals surface area contributed by atoms with Crippen LogP contribution in [0.25, 0.3) is 16.8 Å². The fraction of sp³-hybridized carbons (Fsp3) is 0.333. The van der Waals surface area contributed by atoms with Crippen LogP contribution in [0.4, 0.5) is 27.6 Å². The van der Waals surface area contributed by atoms with E-state index in [-0.39, 0.29) is 18.4 Å². The smallest absolute Gasteiger partial charge is 0.374 e. The van der Waals surface area contributed by atoms with Gasteiger partial charge in [-0.2, -0.15) is 13.2 Å². The van der Waals surface area contributed by atoms with Crippen LogP contribution >= 0.6 is 0 Å². The van der Waals surface area contributed by atoms with Gasteiger partial charge in [0.15, 0.2) is 5.78 Å². The van der Waals surface area contributed by atoms with Crippen molar-refractivity contribution in [1.82, 2.24) is 19.3 Å². The minimum Gasteiger partial charge on any atom is -0.374 e. The summed E-state index contributed by atoms with van der Waals surface area (Å²) in [5.74, 6) is -4.54. The molecule has 3 heterocycles. The first kappa shape index (κ1) is 31.4. The summed E-state index contributed by atoms with van der Waals surface area (Å²) in [7, 11) is 1.66. The number of halogens is 5. The molecule has 0 fully saturated rings. The van der Waals surface area contributed by atoms with Crippen LogP contribution in [0.15, 0.2) is 47.5 Å². The van der Waals surface area contributed by atoms with E-state index in [1.54, 1.807) is 29.8 Å². The Morgan fingerprint density at radius 2 is 1.72 bits per heavy atom. The number of anilines is 1. The molecule has 4 rings (SSSR count). The van der Waals surface area contributed by atoms with Crippen molar-refractivity contribution in [2.45, 2.75) is 58.8 Å². The number of nitrogens with zero attached hydrogens (tertiary/aromatic N) is 3. The molecule has 0 aliphatic carbocycles. The number of fused-ring (bicyclic) bond motifs is 1. The van der Waals surface area contributed by atoms with Gasteiger partial charge < -0.3 is 19.6 Å². The van der Waals surface area contributed by atoms with Crippen molar-refractivity contribution in [3.63, 3.8) is 0 Å². The molecular weight excluding hydrogens is 573 g/mol. The highest BCUT2D eigenvalue weighted by atomic mass is 19.4. The second kappa shape index (κ2) is 12.0. The third-order valence-corrected chi connectivity index (χ3v) is 7.39. The molecule has 0 radical (unpaired) electrons. The average molecular weight is 604 g/mol. The highest BCUT2D eigenvalue weighted by Crippen LogP contribution is 2.28. The average Bonchev–Trinajstić information content (AvgIpc) is 3.40. The molecule has 1 aromatic carbocycles. The Labute approximate surface area is 243 Å². The van der Waals surface area contributed by atoms with E-state index >= 15 is 0 Å². The number of aryl methyl sites for hydroxylation is 2. The number of nitrogens with one attached hydrogen (secondary N) is 2. The highest BCUT2D eigenvalue weighted by Gasteiger charge is 2.38. The van der Waals surface area contributed by atoms with E-state index < -0.39 is 52.8 Å². The molecule has 0 saturated carbocycles. The first-order valence-electron chi connectivity index (χ1n) is 13.4. The number of amides is 1. The number of carbonyl (C=O) groups is 2. The molecule has 43 heavy (non-hydrogen) atoms. The topological polar surface area (TPSA) is 97.5 Å². The zero-order chi connectivity index (χ0) is 31.8. The minimum absolute atomic E-state index is 0.0915. The van der Waals surface area contributed by atoms with E-state index in [1.165, 1.54) is 24.6 Å². The van der Waals surface area contributed by atoms with E-state index in [0.29, 0.717) is 34.6 Å². The van der Waals surface area contributed by atoms with Crippen LogP contribution in [-0.4, -0.2) is 43.9 Å². The maximum atomic E-state index is 14.8. The van der Waals surface area contributed by atoms with E-state index in [1.807, 2.05) is 25.2 Å². The van der Waals surface area contributed by atoms with Gasteiger partial charge in [-0.25, -0.2) is 13.8 Å². The minimum atomic E-state index is -4.65. The molecule has 4 aromatic rings. The molecule has 0 unspecified atom stereocenters. The number of benzene rings is 1. The van der Waals surface area contributed by atoms with Gasteiger partial charge in [0, 0.05) is 48.5 Å². The molecular formula is C30H30F5N5O3. The molecule has 0 saturated heterocycles. The third-order valence-electron chi connectivity index (χ3n) is 7.39. The number of hydrogen-bond donors (Lipinski definition) is 2. The summed E-state index contributed by atoms with van der Waals surface area (Å²) in [6.07, 6.45) is -2.00. The van der Waals surface area contributed by atoms with Crippen molar-refractivity contribution < 1.29 is 31.5 Å². The maximum Gasteiger partial charge on any atom is 0.408 e. The lowest BCUT2D eigenvalue weighted by molar-refractivity contribution is -0.142. The van der Waals surface area contributed by atoms with Crippen LogP contribution in [0.3, 0.4) is 0 Å². The zero-order valence-corrected chi connectivity index (χ0v) is 24.1. The molecule has 0 aliphatic heterocycles. The van der Waals surface area contributed by atoms with Crippen molar-refractivity contribution in [2.75, 3.05) is 5.32 Å². The van der Waals surface area contributed by atoms with Crippen molar-refractivity contribution in [3.8, 4) is 11.1 Å². The van der Waals surface area contributed by atoms with Gasteiger partial charge in [-0.1, -0.05) is 6.92 Å². The Hall–Kier alpha value is -4.55. The van der Waals surface area contributed by atoms with Crippen LogP contribution in [0, 0.1) is 25.5 Å². The van der Waals surface area contributed by atoms with Gasteiger partial charge in [0.1, 0.15) is 28.9 Å². The number of Topliss-reactive ketones (excluding diaryl/α,β-unsaturated/α-hetero) is 1. The van der Waals surface area contributed by atoms with Crippen LogP contribution in [0.1, 0.15) is 47.6 Å². The van der Waals surface area contributed by atoms with Crippen molar-refractivity contribution in [1.29, 1.82) is 0 Å². The third kappa shape index (κ3) is 6.30. The SMILES string of the molecule is CC[C@@H](Nc1cc(F)c(C(=O)N[C@@H](Cc2ccc(-c3c(C)cc(C)n(C)c3=O)c3nccn23)C(C)=O)c(F)c1)C(F)(F)F. The number of ketones is 1. The van der Waals surface area contributed by atoms with Crippen LogP contribution in [-0.2, 0) is 18.3 Å². The Balaban J connectivity index is 1.62. The summed E-state index contributed by atoms with van der Waals surface area (Å²) in [6.45, 7) is 6.10. The molecule has 2 N–H and O–H groups in total. The van der Waals surface area contributed by atoms with Crippen molar-refractivity contribution in [3.05, 3.63) is 87.2 Å². The van der Waals surface area contributed by atoms with Gasteiger partial charge in [-0.15, -0.1) is 0 Å². The molecule has 0 spiro atoms. The largest absolute Gasteiger partial charge is 0.408 e. The van der Waals surface area contributed by atoms with Gasteiger partial charge in [-0.3, -0.25) is 14.4 Å².